The molecule has 6 nitrogen and oxygen atoms in total. The van der Waals surface area contributed by atoms with Crippen LogP contribution >= 0.6 is 11.8 Å². The molecule has 1 spiro atoms. The highest BCUT2D eigenvalue weighted by Crippen LogP contribution is 2.43. The predicted molar refractivity (Wildman–Crippen MR) is 88.7 cm³/mol. The van der Waals surface area contributed by atoms with Crippen LogP contribution < -0.4 is 9.47 Å². The van der Waals surface area contributed by atoms with E-state index in [0.29, 0.717) is 24.6 Å². The maximum Gasteiger partial charge on any atom is 0.246 e. The van der Waals surface area contributed by atoms with Crippen LogP contribution in [0.5, 0.6) is 11.5 Å². The summed E-state index contributed by atoms with van der Waals surface area (Å²) in [4.78, 5) is -0.00697. The zero-order chi connectivity index (χ0) is 16.5. The van der Waals surface area contributed by atoms with Crippen molar-refractivity contribution in [1.82, 2.24) is 4.31 Å². The number of methoxy groups -OCH3 is 2. The standard InChI is InChI=1S/C15H21NO5S2/c1-19-12-3-4-14(13(11-12)20-2)23(17,18)16-7-5-15(6-8-16)21-9-10-22-15/h3-4,11H,5-10H2,1-2H3. The van der Waals surface area contributed by atoms with E-state index >= 15 is 0 Å². The topological polar surface area (TPSA) is 65.1 Å². The second kappa shape index (κ2) is 6.51. The molecule has 2 aliphatic rings. The molecule has 0 amide bonds. The van der Waals surface area contributed by atoms with E-state index in [-0.39, 0.29) is 9.83 Å². The van der Waals surface area contributed by atoms with Crippen LogP contribution in [0, 0.1) is 0 Å². The van der Waals surface area contributed by atoms with Crippen molar-refractivity contribution < 1.29 is 22.6 Å². The van der Waals surface area contributed by atoms with Crippen molar-refractivity contribution in [2.75, 3.05) is 39.7 Å². The normalized spacial score (nSPS) is 21.5. The molecule has 128 valence electrons. The monoisotopic (exact) mass is 359 g/mol. The summed E-state index contributed by atoms with van der Waals surface area (Å²) in [5.41, 5.74) is 0. The summed E-state index contributed by atoms with van der Waals surface area (Å²) in [6.07, 6.45) is 1.44. The molecule has 0 saturated carbocycles. The first-order valence-corrected chi connectivity index (χ1v) is 9.93. The van der Waals surface area contributed by atoms with Gasteiger partial charge in [0.05, 0.1) is 20.8 Å². The van der Waals surface area contributed by atoms with E-state index in [2.05, 4.69) is 0 Å². The molecule has 1 aromatic carbocycles. The van der Waals surface area contributed by atoms with Crippen molar-refractivity contribution in [2.24, 2.45) is 0 Å². The summed E-state index contributed by atoms with van der Waals surface area (Å²) in [6, 6.07) is 4.77. The van der Waals surface area contributed by atoms with Gasteiger partial charge in [-0.2, -0.15) is 4.31 Å². The fraction of sp³-hybridized carbons (Fsp3) is 0.600. The van der Waals surface area contributed by atoms with Crippen molar-refractivity contribution in [2.45, 2.75) is 22.7 Å². The lowest BCUT2D eigenvalue weighted by molar-refractivity contribution is 0.0161. The zero-order valence-electron chi connectivity index (χ0n) is 13.3. The van der Waals surface area contributed by atoms with Crippen molar-refractivity contribution in [3.05, 3.63) is 18.2 Å². The number of ether oxygens (including phenoxy) is 3. The lowest BCUT2D eigenvalue weighted by atomic mass is 10.1. The summed E-state index contributed by atoms with van der Waals surface area (Å²) >= 11 is 1.80. The SMILES string of the molecule is COc1ccc(S(=O)(=O)N2CCC3(CC2)OCCS3)c(OC)c1. The van der Waals surface area contributed by atoms with Crippen LogP contribution in [0.2, 0.25) is 0 Å². The quantitative estimate of drug-likeness (QED) is 0.819. The van der Waals surface area contributed by atoms with Gasteiger partial charge >= 0.3 is 0 Å². The van der Waals surface area contributed by atoms with Crippen molar-refractivity contribution in [3.8, 4) is 11.5 Å². The summed E-state index contributed by atoms with van der Waals surface area (Å²) in [5.74, 6) is 1.85. The minimum absolute atomic E-state index is 0.178. The number of piperidine rings is 1. The fourth-order valence-electron chi connectivity index (χ4n) is 2.98. The van der Waals surface area contributed by atoms with E-state index in [1.165, 1.54) is 24.6 Å². The molecule has 0 radical (unpaired) electrons. The molecule has 2 saturated heterocycles. The molecule has 2 heterocycles. The molecule has 0 unspecified atom stereocenters. The van der Waals surface area contributed by atoms with E-state index < -0.39 is 10.0 Å². The molecule has 0 atom stereocenters. The van der Waals surface area contributed by atoms with E-state index in [0.717, 1.165) is 25.2 Å². The molecule has 3 rings (SSSR count). The minimum atomic E-state index is -3.59. The van der Waals surface area contributed by atoms with Gasteiger partial charge in [0.15, 0.2) is 0 Å². The first-order chi connectivity index (χ1) is 11.0. The van der Waals surface area contributed by atoms with Crippen LogP contribution in [-0.4, -0.2) is 57.3 Å². The van der Waals surface area contributed by atoms with Crippen LogP contribution in [0.1, 0.15) is 12.8 Å². The van der Waals surface area contributed by atoms with E-state index in [1.807, 2.05) is 0 Å². The Hall–Kier alpha value is -0.960. The molecule has 0 bridgehead atoms. The lowest BCUT2D eigenvalue weighted by Gasteiger charge is -2.37. The molecule has 2 aliphatic heterocycles. The number of hydrogen-bond acceptors (Lipinski definition) is 6. The Bertz CT molecular complexity index is 660. The average molecular weight is 359 g/mol. The third kappa shape index (κ3) is 3.17. The number of nitrogens with zero attached hydrogens (tertiary/aromatic N) is 1. The van der Waals surface area contributed by atoms with E-state index in [4.69, 9.17) is 14.2 Å². The van der Waals surface area contributed by atoms with Crippen LogP contribution in [0.4, 0.5) is 0 Å². The van der Waals surface area contributed by atoms with Gasteiger partial charge in [-0.3, -0.25) is 0 Å². The molecule has 8 heteroatoms. The fourth-order valence-corrected chi connectivity index (χ4v) is 5.73. The first-order valence-electron chi connectivity index (χ1n) is 7.51. The molecule has 1 aromatic rings. The Morgan fingerprint density at radius 1 is 1.22 bits per heavy atom. The molecule has 23 heavy (non-hydrogen) atoms. The maximum atomic E-state index is 12.9. The van der Waals surface area contributed by atoms with Crippen LogP contribution in [0.3, 0.4) is 0 Å². The Morgan fingerprint density at radius 3 is 2.52 bits per heavy atom. The largest absolute Gasteiger partial charge is 0.497 e. The van der Waals surface area contributed by atoms with Crippen LogP contribution in [0.25, 0.3) is 0 Å². The summed E-state index contributed by atoms with van der Waals surface area (Å²) in [6.45, 7) is 1.68. The molecule has 0 N–H and O–H groups in total. The number of hydrogen-bond donors (Lipinski definition) is 0. The third-order valence-corrected chi connectivity index (χ3v) is 7.65. The smallest absolute Gasteiger partial charge is 0.246 e. The van der Waals surface area contributed by atoms with E-state index in [1.54, 1.807) is 23.9 Å². The number of sulfonamides is 1. The van der Waals surface area contributed by atoms with Gasteiger partial charge in [-0.05, 0) is 25.0 Å². The summed E-state index contributed by atoms with van der Waals surface area (Å²) in [5, 5.41) is 0. The van der Waals surface area contributed by atoms with Gasteiger partial charge in [-0.15, -0.1) is 11.8 Å². The Labute approximate surface area is 141 Å². The van der Waals surface area contributed by atoms with Gasteiger partial charge in [0.1, 0.15) is 21.3 Å². The molecular formula is C15H21NO5S2. The molecule has 2 fully saturated rings. The summed E-state index contributed by atoms with van der Waals surface area (Å²) in [7, 11) is -0.594. The van der Waals surface area contributed by atoms with Gasteiger partial charge in [-0.1, -0.05) is 0 Å². The highest BCUT2D eigenvalue weighted by atomic mass is 32.2. The zero-order valence-corrected chi connectivity index (χ0v) is 14.9. The number of rotatable bonds is 4. The second-order valence-electron chi connectivity index (χ2n) is 5.53. The lowest BCUT2D eigenvalue weighted by Crippen LogP contribution is -2.45. The maximum absolute atomic E-state index is 12.9. The van der Waals surface area contributed by atoms with Gasteiger partial charge in [0, 0.05) is 24.9 Å². The van der Waals surface area contributed by atoms with Crippen molar-refractivity contribution >= 4 is 21.8 Å². The Kier molecular flexibility index (Phi) is 4.78. The molecule has 0 aromatic heterocycles. The van der Waals surface area contributed by atoms with E-state index in [9.17, 15) is 8.42 Å². The van der Waals surface area contributed by atoms with Crippen molar-refractivity contribution in [1.29, 1.82) is 0 Å². The second-order valence-corrected chi connectivity index (χ2v) is 8.88. The minimum Gasteiger partial charge on any atom is -0.497 e. The average Bonchev–Trinajstić information content (AvgIpc) is 3.02. The molecule has 0 aliphatic carbocycles. The van der Waals surface area contributed by atoms with Gasteiger partial charge < -0.3 is 14.2 Å². The number of thioether (sulfide) groups is 1. The van der Waals surface area contributed by atoms with Gasteiger partial charge in [0.25, 0.3) is 0 Å². The highest BCUT2D eigenvalue weighted by Gasteiger charge is 2.42. The predicted octanol–water partition coefficient (Wildman–Crippen LogP) is 1.95. The van der Waals surface area contributed by atoms with Crippen LogP contribution in [0.15, 0.2) is 23.1 Å². The van der Waals surface area contributed by atoms with Crippen LogP contribution in [-0.2, 0) is 14.8 Å². The van der Waals surface area contributed by atoms with Crippen molar-refractivity contribution in [3.63, 3.8) is 0 Å². The Balaban J connectivity index is 1.82. The number of benzene rings is 1. The molecular weight excluding hydrogens is 338 g/mol. The summed E-state index contributed by atoms with van der Waals surface area (Å²) < 4.78 is 43.6. The third-order valence-electron chi connectivity index (χ3n) is 4.29. The Morgan fingerprint density at radius 2 is 1.96 bits per heavy atom. The highest BCUT2D eigenvalue weighted by molar-refractivity contribution is 8.00. The van der Waals surface area contributed by atoms with Gasteiger partial charge in [-0.25, -0.2) is 8.42 Å². The first kappa shape index (κ1) is 16.9. The van der Waals surface area contributed by atoms with Gasteiger partial charge in [0.2, 0.25) is 10.0 Å².